The molecule has 0 fully saturated rings. The third-order valence-electron chi connectivity index (χ3n) is 4.28. The van der Waals surface area contributed by atoms with Crippen LogP contribution in [0.25, 0.3) is 0 Å². The molecule has 0 unspecified atom stereocenters. The fourth-order valence-electron chi connectivity index (χ4n) is 2.97. The van der Waals surface area contributed by atoms with E-state index in [4.69, 9.17) is 0 Å². The van der Waals surface area contributed by atoms with Crippen molar-refractivity contribution in [2.75, 3.05) is 6.54 Å². The van der Waals surface area contributed by atoms with E-state index >= 15 is 0 Å². The second-order valence-electron chi connectivity index (χ2n) is 6.49. The molecule has 2 heteroatoms. The zero-order chi connectivity index (χ0) is 14.9. The van der Waals surface area contributed by atoms with Gasteiger partial charge in [-0.25, -0.2) is 0 Å². The van der Waals surface area contributed by atoms with Crippen LogP contribution < -0.4 is 0 Å². The molecular weight excluding hydrogens is 258 g/mol. The van der Waals surface area contributed by atoms with Gasteiger partial charge in [0.15, 0.2) is 0 Å². The maximum absolute atomic E-state index is 10.0. The molecule has 1 N–H and O–H groups in total. The van der Waals surface area contributed by atoms with Crippen molar-refractivity contribution in [1.29, 1.82) is 0 Å². The molecule has 0 saturated heterocycles. The zero-order valence-electron chi connectivity index (χ0n) is 12.8. The van der Waals surface area contributed by atoms with Gasteiger partial charge in [0, 0.05) is 19.6 Å². The van der Waals surface area contributed by atoms with Crippen LogP contribution in [-0.2, 0) is 25.1 Å². The Labute approximate surface area is 127 Å². The molecule has 2 aromatic rings. The van der Waals surface area contributed by atoms with Gasteiger partial charge in [0.25, 0.3) is 0 Å². The Hall–Kier alpha value is -1.64. The fraction of sp³-hybridized carbons (Fsp3) is 0.368. The SMILES string of the molecule is CC(C)(O)c1ccc(CN2CCc3ccccc3C2)cc1. The maximum Gasteiger partial charge on any atom is 0.0840 e. The average molecular weight is 281 g/mol. The van der Waals surface area contributed by atoms with Crippen molar-refractivity contribution in [2.45, 2.75) is 39.0 Å². The second kappa shape index (κ2) is 5.63. The monoisotopic (exact) mass is 281 g/mol. The van der Waals surface area contributed by atoms with Crippen LogP contribution in [0.4, 0.5) is 0 Å². The Bertz CT molecular complexity index is 610. The summed E-state index contributed by atoms with van der Waals surface area (Å²) in [6, 6.07) is 17.1. The molecule has 2 aromatic carbocycles. The molecular formula is C19H23NO. The van der Waals surface area contributed by atoms with E-state index in [-0.39, 0.29) is 0 Å². The third-order valence-corrected chi connectivity index (χ3v) is 4.28. The summed E-state index contributed by atoms with van der Waals surface area (Å²) in [7, 11) is 0. The van der Waals surface area contributed by atoms with E-state index in [0.29, 0.717) is 0 Å². The number of hydrogen-bond acceptors (Lipinski definition) is 2. The minimum absolute atomic E-state index is 0.761. The lowest BCUT2D eigenvalue weighted by atomic mass is 9.96. The van der Waals surface area contributed by atoms with Gasteiger partial charge in [-0.2, -0.15) is 0 Å². The van der Waals surface area contributed by atoms with Crippen LogP contribution in [0.1, 0.15) is 36.1 Å². The molecule has 0 atom stereocenters. The number of fused-ring (bicyclic) bond motifs is 1. The molecule has 0 aliphatic carbocycles. The highest BCUT2D eigenvalue weighted by Crippen LogP contribution is 2.22. The summed E-state index contributed by atoms with van der Waals surface area (Å²) in [5.74, 6) is 0. The summed E-state index contributed by atoms with van der Waals surface area (Å²) in [6.07, 6.45) is 1.14. The topological polar surface area (TPSA) is 23.5 Å². The number of rotatable bonds is 3. The molecule has 0 bridgehead atoms. The number of aliphatic hydroxyl groups is 1. The highest BCUT2D eigenvalue weighted by atomic mass is 16.3. The third kappa shape index (κ3) is 3.34. The first-order chi connectivity index (χ1) is 10.0. The van der Waals surface area contributed by atoms with E-state index in [2.05, 4.69) is 41.3 Å². The van der Waals surface area contributed by atoms with Gasteiger partial charge in [0.05, 0.1) is 5.60 Å². The van der Waals surface area contributed by atoms with Gasteiger partial charge in [-0.3, -0.25) is 4.90 Å². The summed E-state index contributed by atoms with van der Waals surface area (Å²) in [6.45, 7) is 6.77. The molecule has 110 valence electrons. The van der Waals surface area contributed by atoms with Crippen molar-refractivity contribution >= 4 is 0 Å². The summed E-state index contributed by atoms with van der Waals surface area (Å²) in [4.78, 5) is 2.49. The van der Waals surface area contributed by atoms with Crippen LogP contribution in [0.15, 0.2) is 48.5 Å². The van der Waals surface area contributed by atoms with Gasteiger partial charge in [-0.05, 0) is 42.5 Å². The van der Waals surface area contributed by atoms with E-state index in [1.165, 1.54) is 16.7 Å². The summed E-state index contributed by atoms with van der Waals surface area (Å²) in [5, 5.41) is 10.0. The Kier molecular flexibility index (Phi) is 3.83. The molecule has 2 nitrogen and oxygen atoms in total. The first kappa shape index (κ1) is 14.3. The Morgan fingerprint density at radius 3 is 2.33 bits per heavy atom. The van der Waals surface area contributed by atoms with Gasteiger partial charge >= 0.3 is 0 Å². The predicted molar refractivity (Wildman–Crippen MR) is 85.9 cm³/mol. The van der Waals surface area contributed by atoms with Crippen molar-refractivity contribution in [2.24, 2.45) is 0 Å². The molecule has 1 aliphatic heterocycles. The summed E-state index contributed by atoms with van der Waals surface area (Å²) in [5.41, 5.74) is 4.46. The fourth-order valence-corrected chi connectivity index (χ4v) is 2.97. The van der Waals surface area contributed by atoms with Gasteiger partial charge in [0.2, 0.25) is 0 Å². The van der Waals surface area contributed by atoms with Crippen molar-refractivity contribution < 1.29 is 5.11 Å². The van der Waals surface area contributed by atoms with E-state index < -0.39 is 5.60 Å². The van der Waals surface area contributed by atoms with Crippen molar-refractivity contribution in [1.82, 2.24) is 4.90 Å². The van der Waals surface area contributed by atoms with E-state index in [1.54, 1.807) is 0 Å². The van der Waals surface area contributed by atoms with E-state index in [0.717, 1.165) is 31.6 Å². The van der Waals surface area contributed by atoms with Gasteiger partial charge in [-0.15, -0.1) is 0 Å². The molecule has 0 spiro atoms. The number of benzene rings is 2. The minimum Gasteiger partial charge on any atom is -0.386 e. The smallest absolute Gasteiger partial charge is 0.0840 e. The Balaban J connectivity index is 1.68. The first-order valence-corrected chi connectivity index (χ1v) is 7.63. The molecule has 0 aromatic heterocycles. The Morgan fingerprint density at radius 2 is 1.67 bits per heavy atom. The van der Waals surface area contributed by atoms with E-state index in [1.807, 2.05) is 26.0 Å². The lowest BCUT2D eigenvalue weighted by Gasteiger charge is -2.29. The van der Waals surface area contributed by atoms with Crippen molar-refractivity contribution in [3.8, 4) is 0 Å². The molecule has 0 saturated carbocycles. The normalized spacial score (nSPS) is 15.8. The minimum atomic E-state index is -0.761. The largest absolute Gasteiger partial charge is 0.386 e. The Morgan fingerprint density at radius 1 is 1.00 bits per heavy atom. The molecule has 1 aliphatic rings. The highest BCUT2D eigenvalue weighted by Gasteiger charge is 2.17. The molecule has 1 heterocycles. The average Bonchev–Trinajstić information content (AvgIpc) is 2.47. The van der Waals surface area contributed by atoms with Crippen LogP contribution >= 0.6 is 0 Å². The molecule has 21 heavy (non-hydrogen) atoms. The van der Waals surface area contributed by atoms with Crippen LogP contribution in [0.3, 0.4) is 0 Å². The predicted octanol–water partition coefficient (Wildman–Crippen LogP) is 3.47. The van der Waals surface area contributed by atoms with Crippen LogP contribution in [0.5, 0.6) is 0 Å². The quantitative estimate of drug-likeness (QED) is 0.931. The molecule has 0 radical (unpaired) electrons. The lowest BCUT2D eigenvalue weighted by Crippen LogP contribution is -2.30. The highest BCUT2D eigenvalue weighted by molar-refractivity contribution is 5.30. The van der Waals surface area contributed by atoms with Crippen LogP contribution in [-0.4, -0.2) is 16.6 Å². The number of nitrogens with zero attached hydrogens (tertiary/aromatic N) is 1. The standard InChI is InChI=1S/C19H23NO/c1-19(2,21)18-9-7-15(8-10-18)13-20-12-11-16-5-3-4-6-17(16)14-20/h3-10,21H,11-14H2,1-2H3. The second-order valence-corrected chi connectivity index (χ2v) is 6.49. The van der Waals surface area contributed by atoms with Gasteiger partial charge in [0.1, 0.15) is 0 Å². The van der Waals surface area contributed by atoms with Crippen LogP contribution in [0, 0.1) is 0 Å². The van der Waals surface area contributed by atoms with Crippen molar-refractivity contribution in [3.63, 3.8) is 0 Å². The zero-order valence-corrected chi connectivity index (χ0v) is 12.8. The summed E-state index contributed by atoms with van der Waals surface area (Å²) >= 11 is 0. The van der Waals surface area contributed by atoms with Gasteiger partial charge in [-0.1, -0.05) is 48.5 Å². The maximum atomic E-state index is 10.0. The molecule has 0 amide bonds. The lowest BCUT2D eigenvalue weighted by molar-refractivity contribution is 0.0785. The molecule has 3 rings (SSSR count). The van der Waals surface area contributed by atoms with Crippen LogP contribution in [0.2, 0.25) is 0 Å². The van der Waals surface area contributed by atoms with Crippen molar-refractivity contribution in [3.05, 3.63) is 70.8 Å². The van der Waals surface area contributed by atoms with E-state index in [9.17, 15) is 5.11 Å². The summed E-state index contributed by atoms with van der Waals surface area (Å²) < 4.78 is 0. The van der Waals surface area contributed by atoms with Gasteiger partial charge < -0.3 is 5.11 Å². The first-order valence-electron chi connectivity index (χ1n) is 7.63. The number of hydrogen-bond donors (Lipinski definition) is 1.